The molecule has 7 nitrogen and oxygen atoms in total. The summed E-state index contributed by atoms with van der Waals surface area (Å²) in [4.78, 5) is 41.9. The summed E-state index contributed by atoms with van der Waals surface area (Å²) in [6.07, 6.45) is 4.08. The molecule has 2 aromatic carbocycles. The van der Waals surface area contributed by atoms with Gasteiger partial charge in [-0.1, -0.05) is 48.5 Å². The number of rotatable bonds is 9. The van der Waals surface area contributed by atoms with E-state index in [0.717, 1.165) is 29.3 Å². The Morgan fingerprint density at radius 1 is 1.06 bits per heavy atom. The number of amides is 4. The highest BCUT2D eigenvalue weighted by atomic mass is 16.2. The lowest BCUT2D eigenvalue weighted by molar-refractivity contribution is -0.131. The number of carbonyl (C=O) groups excluding carboxylic acids is 3. The molecule has 1 fully saturated rings. The molecule has 0 saturated carbocycles. The monoisotopic (exact) mass is 432 g/mol. The standard InChI is InChI=1S/C25H28N4O3/c1-17(11-12-18-7-3-2-4-8-18)27-23(30)15-22-24(31)29(25(32)28-22)14-13-19-16-26-21-10-6-5-9-20(19)21/h2-10,16-17,22,26H,11-15H2,1H3,(H,27,30)(H,28,32)/t17-,22-/m1/s1. The zero-order chi connectivity index (χ0) is 22.5. The van der Waals surface area contributed by atoms with E-state index in [9.17, 15) is 14.4 Å². The van der Waals surface area contributed by atoms with Gasteiger partial charge in [-0.15, -0.1) is 0 Å². The van der Waals surface area contributed by atoms with E-state index in [0.29, 0.717) is 6.42 Å². The second-order valence-corrected chi connectivity index (χ2v) is 8.30. The molecule has 2 atom stereocenters. The molecule has 4 rings (SSSR count). The Labute approximate surface area is 187 Å². The van der Waals surface area contributed by atoms with Crippen molar-refractivity contribution in [1.29, 1.82) is 0 Å². The number of hydrogen-bond donors (Lipinski definition) is 3. The topological polar surface area (TPSA) is 94.3 Å². The summed E-state index contributed by atoms with van der Waals surface area (Å²) in [7, 11) is 0. The lowest BCUT2D eigenvalue weighted by atomic mass is 10.1. The van der Waals surface area contributed by atoms with Crippen LogP contribution in [0.15, 0.2) is 60.8 Å². The van der Waals surface area contributed by atoms with Crippen LogP contribution in [0.3, 0.4) is 0 Å². The number of nitrogens with zero attached hydrogens (tertiary/aromatic N) is 1. The summed E-state index contributed by atoms with van der Waals surface area (Å²) in [6, 6.07) is 16.7. The summed E-state index contributed by atoms with van der Waals surface area (Å²) in [5, 5.41) is 6.67. The number of aromatic amines is 1. The number of para-hydroxylation sites is 1. The number of aromatic nitrogens is 1. The highest BCUT2D eigenvalue weighted by molar-refractivity contribution is 6.05. The van der Waals surface area contributed by atoms with Crippen LogP contribution in [0.2, 0.25) is 0 Å². The highest BCUT2D eigenvalue weighted by Crippen LogP contribution is 2.19. The number of aryl methyl sites for hydroxylation is 1. The maximum atomic E-state index is 12.7. The Morgan fingerprint density at radius 2 is 1.81 bits per heavy atom. The van der Waals surface area contributed by atoms with E-state index in [4.69, 9.17) is 0 Å². The molecule has 1 saturated heterocycles. The molecule has 0 bridgehead atoms. The van der Waals surface area contributed by atoms with Crippen LogP contribution < -0.4 is 10.6 Å². The van der Waals surface area contributed by atoms with Crippen LogP contribution in [0.5, 0.6) is 0 Å². The third-order valence-corrected chi connectivity index (χ3v) is 5.89. The lowest BCUT2D eigenvalue weighted by Gasteiger charge is -2.16. The molecule has 0 radical (unpaired) electrons. The molecule has 4 amide bonds. The fourth-order valence-corrected chi connectivity index (χ4v) is 4.12. The quantitative estimate of drug-likeness (QED) is 0.454. The molecule has 7 heteroatoms. The number of imide groups is 1. The van der Waals surface area contributed by atoms with Crippen LogP contribution in [0.1, 0.15) is 30.9 Å². The Bertz CT molecular complexity index is 1110. The zero-order valence-corrected chi connectivity index (χ0v) is 18.1. The summed E-state index contributed by atoms with van der Waals surface area (Å²) in [5.41, 5.74) is 3.29. The average Bonchev–Trinajstić information content (AvgIpc) is 3.32. The molecular weight excluding hydrogens is 404 g/mol. The number of nitrogens with one attached hydrogen (secondary N) is 3. The van der Waals surface area contributed by atoms with Gasteiger partial charge in [0.1, 0.15) is 6.04 Å². The third-order valence-electron chi connectivity index (χ3n) is 5.89. The maximum absolute atomic E-state index is 12.7. The van der Waals surface area contributed by atoms with E-state index in [1.807, 2.05) is 55.6 Å². The molecule has 32 heavy (non-hydrogen) atoms. The third kappa shape index (κ3) is 4.99. The van der Waals surface area contributed by atoms with Gasteiger partial charge >= 0.3 is 6.03 Å². The van der Waals surface area contributed by atoms with Crippen LogP contribution >= 0.6 is 0 Å². The first-order valence-electron chi connectivity index (χ1n) is 11.0. The van der Waals surface area contributed by atoms with E-state index in [1.54, 1.807) is 0 Å². The van der Waals surface area contributed by atoms with Gasteiger partial charge in [0.25, 0.3) is 5.91 Å². The van der Waals surface area contributed by atoms with Crippen LogP contribution in [0.4, 0.5) is 4.79 Å². The van der Waals surface area contributed by atoms with E-state index in [-0.39, 0.29) is 30.8 Å². The van der Waals surface area contributed by atoms with Crippen LogP contribution in [0, 0.1) is 0 Å². The van der Waals surface area contributed by atoms with Crippen molar-refractivity contribution >= 4 is 28.7 Å². The van der Waals surface area contributed by atoms with Gasteiger partial charge in [0.05, 0.1) is 6.42 Å². The van der Waals surface area contributed by atoms with E-state index in [1.165, 1.54) is 10.5 Å². The largest absolute Gasteiger partial charge is 0.361 e. The molecule has 2 heterocycles. The number of hydrogen-bond acceptors (Lipinski definition) is 3. The average molecular weight is 433 g/mol. The van der Waals surface area contributed by atoms with E-state index in [2.05, 4.69) is 27.8 Å². The molecule has 1 aliphatic heterocycles. The van der Waals surface area contributed by atoms with Crippen molar-refractivity contribution < 1.29 is 14.4 Å². The number of benzene rings is 2. The van der Waals surface area contributed by atoms with Crippen molar-refractivity contribution in [2.75, 3.05) is 6.54 Å². The minimum absolute atomic E-state index is 0.0205. The predicted molar refractivity (Wildman–Crippen MR) is 123 cm³/mol. The van der Waals surface area contributed by atoms with Gasteiger partial charge in [0, 0.05) is 29.7 Å². The van der Waals surface area contributed by atoms with Crippen LogP contribution in [0.25, 0.3) is 10.9 Å². The minimum Gasteiger partial charge on any atom is -0.361 e. The van der Waals surface area contributed by atoms with Crippen molar-refractivity contribution in [3.05, 3.63) is 71.9 Å². The smallest absolute Gasteiger partial charge is 0.324 e. The van der Waals surface area contributed by atoms with Crippen molar-refractivity contribution in [3.63, 3.8) is 0 Å². The normalized spacial score (nSPS) is 16.9. The first-order valence-corrected chi connectivity index (χ1v) is 11.0. The second kappa shape index (κ2) is 9.68. The number of carbonyl (C=O) groups is 3. The molecule has 1 aromatic heterocycles. The first-order chi connectivity index (χ1) is 15.5. The zero-order valence-electron chi connectivity index (χ0n) is 18.1. The Morgan fingerprint density at radius 3 is 2.62 bits per heavy atom. The minimum atomic E-state index is -0.813. The number of H-pyrrole nitrogens is 1. The maximum Gasteiger partial charge on any atom is 0.324 e. The molecule has 1 aliphatic rings. The molecule has 166 valence electrons. The molecule has 3 aromatic rings. The Hall–Kier alpha value is -3.61. The lowest BCUT2D eigenvalue weighted by Crippen LogP contribution is -2.40. The van der Waals surface area contributed by atoms with Gasteiger partial charge in [0.2, 0.25) is 5.91 Å². The highest BCUT2D eigenvalue weighted by Gasteiger charge is 2.38. The van der Waals surface area contributed by atoms with Gasteiger partial charge in [-0.2, -0.15) is 0 Å². The van der Waals surface area contributed by atoms with Gasteiger partial charge < -0.3 is 15.6 Å². The molecule has 0 spiro atoms. The van der Waals surface area contributed by atoms with Crippen molar-refractivity contribution in [3.8, 4) is 0 Å². The fraction of sp³-hybridized carbons (Fsp3) is 0.320. The van der Waals surface area contributed by atoms with Crippen LogP contribution in [-0.4, -0.2) is 46.4 Å². The molecule has 0 aliphatic carbocycles. The molecule has 3 N–H and O–H groups in total. The van der Waals surface area contributed by atoms with Gasteiger partial charge in [-0.3, -0.25) is 14.5 Å². The van der Waals surface area contributed by atoms with Gasteiger partial charge in [-0.05, 0) is 43.4 Å². The molecular formula is C25H28N4O3. The van der Waals surface area contributed by atoms with Gasteiger partial charge in [-0.25, -0.2) is 4.79 Å². The first kappa shape index (κ1) is 21.6. The van der Waals surface area contributed by atoms with E-state index >= 15 is 0 Å². The second-order valence-electron chi connectivity index (χ2n) is 8.30. The van der Waals surface area contributed by atoms with Gasteiger partial charge in [0.15, 0.2) is 0 Å². The summed E-state index contributed by atoms with van der Waals surface area (Å²) in [5.74, 6) is -0.579. The summed E-state index contributed by atoms with van der Waals surface area (Å²) < 4.78 is 0. The fourth-order valence-electron chi connectivity index (χ4n) is 4.12. The van der Waals surface area contributed by atoms with Crippen molar-refractivity contribution in [2.45, 2.75) is 44.7 Å². The van der Waals surface area contributed by atoms with Crippen molar-refractivity contribution in [2.24, 2.45) is 0 Å². The SMILES string of the molecule is C[C@H](CCc1ccccc1)NC(=O)C[C@H]1NC(=O)N(CCc2c[nH]c3ccccc23)C1=O. The molecule has 0 unspecified atom stereocenters. The Balaban J connectivity index is 1.26. The van der Waals surface area contributed by atoms with Crippen molar-refractivity contribution in [1.82, 2.24) is 20.5 Å². The van der Waals surface area contributed by atoms with E-state index < -0.39 is 12.1 Å². The predicted octanol–water partition coefficient (Wildman–Crippen LogP) is 3.16. The summed E-state index contributed by atoms with van der Waals surface area (Å²) >= 11 is 0. The summed E-state index contributed by atoms with van der Waals surface area (Å²) in [6.45, 7) is 2.22. The van der Waals surface area contributed by atoms with Crippen LogP contribution in [-0.2, 0) is 22.4 Å². The number of urea groups is 1. The number of fused-ring (bicyclic) bond motifs is 1. The Kier molecular flexibility index (Phi) is 6.54.